The lowest BCUT2D eigenvalue weighted by Crippen LogP contribution is -2.28. The van der Waals surface area contributed by atoms with Crippen molar-refractivity contribution < 1.29 is 9.53 Å². The summed E-state index contributed by atoms with van der Waals surface area (Å²) in [5.74, 6) is 1.27. The van der Waals surface area contributed by atoms with E-state index in [2.05, 4.69) is 15.3 Å². The van der Waals surface area contributed by atoms with Crippen molar-refractivity contribution >= 4 is 28.5 Å². The smallest absolute Gasteiger partial charge is 0.240 e. The molecule has 7 heteroatoms. The lowest BCUT2D eigenvalue weighted by Gasteiger charge is -2.11. The molecule has 0 unspecified atom stereocenters. The lowest BCUT2D eigenvalue weighted by molar-refractivity contribution is -0.121. The molecule has 29 heavy (non-hydrogen) atoms. The Bertz CT molecular complexity index is 1110. The highest BCUT2D eigenvalue weighted by atomic mass is 35.5. The fraction of sp³-hybridized carbons (Fsp3) is 0.136. The summed E-state index contributed by atoms with van der Waals surface area (Å²) < 4.78 is 7.73. The number of rotatable bonds is 7. The van der Waals surface area contributed by atoms with Gasteiger partial charge in [0.15, 0.2) is 0 Å². The molecule has 0 aliphatic rings. The molecule has 0 aliphatic carbocycles. The number of carbonyl (C=O) groups is 1. The molecule has 0 aliphatic heterocycles. The first-order chi connectivity index (χ1) is 14.2. The maximum atomic E-state index is 12.6. The molecule has 0 atom stereocenters. The van der Waals surface area contributed by atoms with Gasteiger partial charge in [-0.15, -0.1) is 0 Å². The molecule has 4 rings (SSSR count). The average Bonchev–Trinajstić information content (AvgIpc) is 3.10. The van der Waals surface area contributed by atoms with Crippen LogP contribution >= 0.6 is 11.6 Å². The van der Waals surface area contributed by atoms with E-state index in [4.69, 9.17) is 16.3 Å². The molecule has 6 nitrogen and oxygen atoms in total. The lowest BCUT2D eigenvalue weighted by atomic mass is 10.3. The first-order valence-electron chi connectivity index (χ1n) is 9.17. The van der Waals surface area contributed by atoms with Crippen molar-refractivity contribution in [3.8, 4) is 5.75 Å². The number of halogens is 1. The standard InChI is InChI=1S/C22H19ClN4O2/c23-17-5-7-18(8-6-17)29-15-21-26-19-3-1-2-4-20(19)27(21)14-22(28)25-13-16-9-11-24-12-10-16/h1-12H,13-15H2,(H,25,28). The van der Waals surface area contributed by atoms with Gasteiger partial charge in [-0.3, -0.25) is 9.78 Å². The van der Waals surface area contributed by atoms with E-state index in [0.717, 1.165) is 16.6 Å². The number of imidazole rings is 1. The molecule has 2 aromatic heterocycles. The highest BCUT2D eigenvalue weighted by molar-refractivity contribution is 6.30. The fourth-order valence-electron chi connectivity index (χ4n) is 2.99. The van der Waals surface area contributed by atoms with E-state index in [1.807, 2.05) is 41.0 Å². The van der Waals surface area contributed by atoms with Crippen molar-refractivity contribution in [3.05, 3.63) is 89.5 Å². The molecule has 4 aromatic rings. The molecular weight excluding hydrogens is 388 g/mol. The number of benzene rings is 2. The summed E-state index contributed by atoms with van der Waals surface area (Å²) in [6.45, 7) is 0.851. The van der Waals surface area contributed by atoms with Gasteiger partial charge in [0.05, 0.1) is 11.0 Å². The molecular formula is C22H19ClN4O2. The van der Waals surface area contributed by atoms with Gasteiger partial charge >= 0.3 is 0 Å². The molecule has 2 heterocycles. The Morgan fingerprint density at radius 3 is 2.59 bits per heavy atom. The molecule has 0 saturated heterocycles. The molecule has 0 spiro atoms. The first-order valence-corrected chi connectivity index (χ1v) is 9.55. The van der Waals surface area contributed by atoms with Crippen LogP contribution in [0.25, 0.3) is 11.0 Å². The molecule has 0 fully saturated rings. The SMILES string of the molecule is O=C(Cn1c(COc2ccc(Cl)cc2)nc2ccccc21)NCc1ccncc1. The molecule has 0 saturated carbocycles. The Morgan fingerprint density at radius 2 is 1.79 bits per heavy atom. The highest BCUT2D eigenvalue weighted by Crippen LogP contribution is 2.20. The zero-order valence-corrected chi connectivity index (χ0v) is 16.3. The Kier molecular flexibility index (Phi) is 5.72. The summed E-state index contributed by atoms with van der Waals surface area (Å²) in [5, 5.41) is 3.59. The fourth-order valence-corrected chi connectivity index (χ4v) is 3.12. The topological polar surface area (TPSA) is 69.0 Å². The van der Waals surface area contributed by atoms with Crippen LogP contribution in [0.2, 0.25) is 5.02 Å². The van der Waals surface area contributed by atoms with Crippen LogP contribution in [-0.2, 0) is 24.5 Å². The van der Waals surface area contributed by atoms with Crippen molar-refractivity contribution in [2.45, 2.75) is 19.7 Å². The molecule has 146 valence electrons. The summed E-state index contributed by atoms with van der Waals surface area (Å²) in [4.78, 5) is 21.2. The zero-order valence-electron chi connectivity index (χ0n) is 15.6. The van der Waals surface area contributed by atoms with Crippen LogP contribution < -0.4 is 10.1 Å². The van der Waals surface area contributed by atoms with Gasteiger partial charge in [0.2, 0.25) is 5.91 Å². The highest BCUT2D eigenvalue weighted by Gasteiger charge is 2.14. The van der Waals surface area contributed by atoms with Crippen LogP contribution in [-0.4, -0.2) is 20.4 Å². The number of fused-ring (bicyclic) bond motifs is 1. The van der Waals surface area contributed by atoms with Crippen molar-refractivity contribution in [1.29, 1.82) is 0 Å². The Labute approximate surface area is 173 Å². The summed E-state index contributed by atoms with van der Waals surface area (Å²) in [7, 11) is 0. The van der Waals surface area contributed by atoms with Gasteiger partial charge in [-0.2, -0.15) is 0 Å². The summed E-state index contributed by atoms with van der Waals surface area (Å²) >= 11 is 5.92. The number of hydrogen-bond donors (Lipinski definition) is 1. The average molecular weight is 407 g/mol. The summed E-state index contributed by atoms with van der Waals surface area (Å²) in [6.07, 6.45) is 3.41. The number of ether oxygens (including phenoxy) is 1. The second-order valence-corrected chi connectivity index (χ2v) is 6.91. The van der Waals surface area contributed by atoms with E-state index >= 15 is 0 Å². The molecule has 0 bridgehead atoms. The maximum Gasteiger partial charge on any atom is 0.240 e. The van der Waals surface area contributed by atoms with Gasteiger partial charge in [0.1, 0.15) is 24.7 Å². The number of pyridine rings is 1. The second kappa shape index (κ2) is 8.75. The summed E-state index contributed by atoms with van der Waals surface area (Å²) in [6, 6.07) is 18.6. The third-order valence-corrected chi connectivity index (χ3v) is 4.71. The van der Waals surface area contributed by atoms with E-state index in [1.54, 1.807) is 36.7 Å². The monoisotopic (exact) mass is 406 g/mol. The van der Waals surface area contributed by atoms with Crippen LogP contribution in [0.1, 0.15) is 11.4 Å². The van der Waals surface area contributed by atoms with E-state index < -0.39 is 0 Å². The molecule has 2 aromatic carbocycles. The first kappa shape index (κ1) is 19.0. The zero-order chi connectivity index (χ0) is 20.1. The number of para-hydroxylation sites is 2. The largest absolute Gasteiger partial charge is 0.486 e. The van der Waals surface area contributed by atoms with Gasteiger partial charge in [-0.1, -0.05) is 23.7 Å². The minimum absolute atomic E-state index is 0.0993. The molecule has 1 amide bonds. The second-order valence-electron chi connectivity index (χ2n) is 6.48. The number of amides is 1. The van der Waals surface area contributed by atoms with Gasteiger partial charge in [-0.05, 0) is 54.1 Å². The third kappa shape index (κ3) is 4.73. The van der Waals surface area contributed by atoms with Crippen LogP contribution in [0.15, 0.2) is 73.1 Å². The van der Waals surface area contributed by atoms with Crippen molar-refractivity contribution in [1.82, 2.24) is 19.9 Å². The van der Waals surface area contributed by atoms with Crippen LogP contribution in [0.5, 0.6) is 5.75 Å². The van der Waals surface area contributed by atoms with Crippen molar-refractivity contribution in [2.75, 3.05) is 0 Å². The number of carbonyl (C=O) groups excluding carboxylic acids is 1. The van der Waals surface area contributed by atoms with E-state index in [1.165, 1.54) is 0 Å². The van der Waals surface area contributed by atoms with E-state index in [-0.39, 0.29) is 19.1 Å². The van der Waals surface area contributed by atoms with Crippen molar-refractivity contribution in [2.24, 2.45) is 0 Å². The van der Waals surface area contributed by atoms with Gasteiger partial charge in [0, 0.05) is 24.0 Å². The van der Waals surface area contributed by atoms with Crippen LogP contribution in [0.3, 0.4) is 0 Å². The number of nitrogens with one attached hydrogen (secondary N) is 1. The number of aromatic nitrogens is 3. The predicted molar refractivity (Wildman–Crippen MR) is 112 cm³/mol. The summed E-state index contributed by atoms with van der Waals surface area (Å²) in [5.41, 5.74) is 2.71. The quantitative estimate of drug-likeness (QED) is 0.504. The Hall–Kier alpha value is -3.38. The predicted octanol–water partition coefficient (Wildman–Crippen LogP) is 3.98. The Balaban J connectivity index is 1.50. The van der Waals surface area contributed by atoms with Gasteiger partial charge in [0.25, 0.3) is 0 Å². The number of nitrogens with zero attached hydrogens (tertiary/aromatic N) is 3. The van der Waals surface area contributed by atoms with Gasteiger partial charge in [-0.25, -0.2) is 4.98 Å². The Morgan fingerprint density at radius 1 is 1.03 bits per heavy atom. The van der Waals surface area contributed by atoms with Crippen molar-refractivity contribution in [3.63, 3.8) is 0 Å². The number of hydrogen-bond acceptors (Lipinski definition) is 4. The van der Waals surface area contributed by atoms with E-state index in [0.29, 0.717) is 23.1 Å². The third-order valence-electron chi connectivity index (χ3n) is 4.46. The minimum atomic E-state index is -0.0993. The minimum Gasteiger partial charge on any atom is -0.486 e. The normalized spacial score (nSPS) is 10.8. The van der Waals surface area contributed by atoms with Crippen LogP contribution in [0.4, 0.5) is 0 Å². The molecule has 0 radical (unpaired) electrons. The van der Waals surface area contributed by atoms with Crippen LogP contribution in [0, 0.1) is 0 Å². The molecule has 1 N–H and O–H groups in total. The van der Waals surface area contributed by atoms with Gasteiger partial charge < -0.3 is 14.6 Å². The van der Waals surface area contributed by atoms with E-state index in [9.17, 15) is 4.79 Å². The maximum absolute atomic E-state index is 12.6.